The van der Waals surface area contributed by atoms with Crippen LogP contribution in [-0.4, -0.2) is 20.4 Å². The Labute approximate surface area is 165 Å². The summed E-state index contributed by atoms with van der Waals surface area (Å²) in [6.07, 6.45) is 3.17. The minimum absolute atomic E-state index is 0.0189. The van der Waals surface area contributed by atoms with E-state index in [0.29, 0.717) is 17.4 Å². The smallest absolute Gasteiger partial charge is 0.261 e. The van der Waals surface area contributed by atoms with E-state index in [4.69, 9.17) is 0 Å². The van der Waals surface area contributed by atoms with Crippen molar-refractivity contribution in [1.29, 1.82) is 0 Å². The van der Waals surface area contributed by atoms with Crippen LogP contribution in [0.3, 0.4) is 0 Å². The predicted octanol–water partition coefficient (Wildman–Crippen LogP) is 4.18. The SMILES string of the molecule is C[C@H]1[C@@H](NC(=O)c2cccc(S(=O)(=O)Nc3ccc(F)cc3)c2)CCC[C@@H]1C. The highest BCUT2D eigenvalue weighted by Gasteiger charge is 2.28. The van der Waals surface area contributed by atoms with E-state index in [-0.39, 0.29) is 22.5 Å². The van der Waals surface area contributed by atoms with Crippen molar-refractivity contribution >= 4 is 21.6 Å². The number of sulfonamides is 1. The zero-order valence-corrected chi connectivity index (χ0v) is 16.8. The summed E-state index contributed by atoms with van der Waals surface area (Å²) in [5.41, 5.74) is 0.550. The van der Waals surface area contributed by atoms with Crippen molar-refractivity contribution in [1.82, 2.24) is 5.32 Å². The van der Waals surface area contributed by atoms with Crippen molar-refractivity contribution in [3.8, 4) is 0 Å². The highest BCUT2D eigenvalue weighted by atomic mass is 32.2. The summed E-state index contributed by atoms with van der Waals surface area (Å²) in [6.45, 7) is 4.33. The minimum Gasteiger partial charge on any atom is -0.349 e. The number of benzene rings is 2. The molecule has 1 amide bonds. The first-order valence-electron chi connectivity index (χ1n) is 9.45. The lowest BCUT2D eigenvalue weighted by Crippen LogP contribution is -2.43. The van der Waals surface area contributed by atoms with E-state index in [1.165, 1.54) is 36.4 Å². The van der Waals surface area contributed by atoms with Crippen LogP contribution in [0, 0.1) is 17.7 Å². The van der Waals surface area contributed by atoms with Gasteiger partial charge < -0.3 is 5.32 Å². The van der Waals surface area contributed by atoms with Gasteiger partial charge in [0.25, 0.3) is 15.9 Å². The van der Waals surface area contributed by atoms with Crippen LogP contribution < -0.4 is 10.0 Å². The van der Waals surface area contributed by atoms with E-state index in [1.54, 1.807) is 12.1 Å². The van der Waals surface area contributed by atoms with E-state index >= 15 is 0 Å². The Morgan fingerprint density at radius 3 is 2.50 bits per heavy atom. The third kappa shape index (κ3) is 4.70. The van der Waals surface area contributed by atoms with Gasteiger partial charge in [-0.15, -0.1) is 0 Å². The molecule has 0 spiro atoms. The molecule has 0 radical (unpaired) electrons. The van der Waals surface area contributed by atoms with Crippen LogP contribution in [0.2, 0.25) is 0 Å². The standard InChI is InChI=1S/C21H25FN2O3S/c1-14-5-3-8-20(15(14)2)23-21(25)16-6-4-7-19(13-16)28(26,27)24-18-11-9-17(22)10-12-18/h4,6-7,9-15,20,24H,3,5,8H2,1-2H3,(H,23,25)/t14-,15+,20-/m0/s1. The summed E-state index contributed by atoms with van der Waals surface area (Å²) < 4.78 is 40.6. The van der Waals surface area contributed by atoms with Crippen molar-refractivity contribution in [3.05, 3.63) is 59.9 Å². The van der Waals surface area contributed by atoms with Gasteiger partial charge in [-0.1, -0.05) is 32.8 Å². The lowest BCUT2D eigenvalue weighted by Gasteiger charge is -2.34. The number of anilines is 1. The fraction of sp³-hybridized carbons (Fsp3) is 0.381. The second-order valence-electron chi connectivity index (χ2n) is 7.49. The van der Waals surface area contributed by atoms with Crippen LogP contribution in [0.4, 0.5) is 10.1 Å². The third-order valence-corrected chi connectivity index (χ3v) is 6.91. The molecule has 28 heavy (non-hydrogen) atoms. The quantitative estimate of drug-likeness (QED) is 0.785. The van der Waals surface area contributed by atoms with Gasteiger partial charge >= 0.3 is 0 Å². The average molecular weight is 405 g/mol. The minimum atomic E-state index is -3.89. The van der Waals surface area contributed by atoms with Crippen LogP contribution >= 0.6 is 0 Å². The summed E-state index contributed by atoms with van der Waals surface area (Å²) in [4.78, 5) is 12.7. The molecule has 0 heterocycles. The maximum Gasteiger partial charge on any atom is 0.261 e. The topological polar surface area (TPSA) is 75.3 Å². The normalized spacial score (nSPS) is 22.5. The molecule has 2 aromatic carbocycles. The van der Waals surface area contributed by atoms with Gasteiger partial charge in [0.05, 0.1) is 4.90 Å². The van der Waals surface area contributed by atoms with E-state index in [9.17, 15) is 17.6 Å². The Bertz CT molecular complexity index is 944. The van der Waals surface area contributed by atoms with Gasteiger partial charge in [0.2, 0.25) is 0 Å². The molecular formula is C21H25FN2O3S. The highest BCUT2D eigenvalue weighted by Crippen LogP contribution is 2.29. The molecule has 0 unspecified atom stereocenters. The van der Waals surface area contributed by atoms with Crippen molar-refractivity contribution in [2.75, 3.05) is 4.72 Å². The Kier molecular flexibility index (Phi) is 6.03. The molecule has 1 fully saturated rings. The summed E-state index contributed by atoms with van der Waals surface area (Å²) in [5, 5.41) is 3.05. The van der Waals surface area contributed by atoms with Crippen LogP contribution in [0.25, 0.3) is 0 Å². The molecular weight excluding hydrogens is 379 g/mol. The van der Waals surface area contributed by atoms with Gasteiger partial charge in [-0.2, -0.15) is 0 Å². The average Bonchev–Trinajstić information content (AvgIpc) is 2.67. The fourth-order valence-corrected chi connectivity index (χ4v) is 4.68. The summed E-state index contributed by atoms with van der Waals surface area (Å²) in [6, 6.07) is 11.1. The molecule has 1 aliphatic rings. The molecule has 0 bridgehead atoms. The van der Waals surface area contributed by atoms with Gasteiger partial charge in [-0.3, -0.25) is 9.52 Å². The fourth-order valence-electron chi connectivity index (χ4n) is 3.57. The second kappa shape index (κ2) is 8.31. The molecule has 0 aliphatic heterocycles. The summed E-state index contributed by atoms with van der Waals surface area (Å²) in [7, 11) is -3.89. The Hall–Kier alpha value is -2.41. The first-order valence-corrected chi connectivity index (χ1v) is 10.9. The van der Waals surface area contributed by atoms with Crippen LogP contribution in [0.5, 0.6) is 0 Å². The number of carbonyl (C=O) groups excluding carboxylic acids is 1. The number of amides is 1. The van der Waals surface area contributed by atoms with Gasteiger partial charge in [-0.25, -0.2) is 12.8 Å². The Balaban J connectivity index is 1.75. The van der Waals surface area contributed by atoms with Crippen LogP contribution in [0.15, 0.2) is 53.4 Å². The molecule has 1 aliphatic carbocycles. The maximum atomic E-state index is 13.0. The van der Waals surface area contributed by atoms with Crippen LogP contribution in [-0.2, 0) is 10.0 Å². The zero-order chi connectivity index (χ0) is 20.3. The van der Waals surface area contributed by atoms with E-state index in [2.05, 4.69) is 23.9 Å². The van der Waals surface area contributed by atoms with Crippen molar-refractivity contribution in [2.45, 2.75) is 44.0 Å². The Morgan fingerprint density at radius 1 is 1.07 bits per heavy atom. The molecule has 3 atom stereocenters. The lowest BCUT2D eigenvalue weighted by atomic mass is 9.78. The number of hydrogen-bond donors (Lipinski definition) is 2. The first kappa shape index (κ1) is 20.3. The maximum absolute atomic E-state index is 13.0. The van der Waals surface area contributed by atoms with E-state index in [0.717, 1.165) is 19.3 Å². The van der Waals surface area contributed by atoms with Gasteiger partial charge in [0.15, 0.2) is 0 Å². The van der Waals surface area contributed by atoms with Gasteiger partial charge in [0.1, 0.15) is 5.82 Å². The monoisotopic (exact) mass is 404 g/mol. The molecule has 3 rings (SSSR count). The van der Waals surface area contributed by atoms with Gasteiger partial charge in [-0.05, 0) is 60.7 Å². The van der Waals surface area contributed by atoms with E-state index in [1.807, 2.05) is 0 Å². The molecule has 2 N–H and O–H groups in total. The molecule has 7 heteroatoms. The number of carbonyl (C=O) groups is 1. The lowest BCUT2D eigenvalue weighted by molar-refractivity contribution is 0.0891. The van der Waals surface area contributed by atoms with Crippen LogP contribution in [0.1, 0.15) is 43.5 Å². The molecule has 150 valence electrons. The van der Waals surface area contributed by atoms with E-state index < -0.39 is 15.8 Å². The first-order chi connectivity index (χ1) is 13.3. The molecule has 5 nitrogen and oxygen atoms in total. The number of hydrogen-bond acceptors (Lipinski definition) is 3. The largest absolute Gasteiger partial charge is 0.349 e. The summed E-state index contributed by atoms with van der Waals surface area (Å²) >= 11 is 0. The van der Waals surface area contributed by atoms with Crippen molar-refractivity contribution < 1.29 is 17.6 Å². The van der Waals surface area contributed by atoms with Gasteiger partial charge in [0, 0.05) is 17.3 Å². The summed E-state index contributed by atoms with van der Waals surface area (Å²) in [5.74, 6) is 0.202. The molecule has 0 saturated heterocycles. The Morgan fingerprint density at radius 2 is 1.79 bits per heavy atom. The number of halogens is 1. The zero-order valence-electron chi connectivity index (χ0n) is 16.0. The number of nitrogens with one attached hydrogen (secondary N) is 2. The van der Waals surface area contributed by atoms with Crippen molar-refractivity contribution in [3.63, 3.8) is 0 Å². The van der Waals surface area contributed by atoms with Crippen molar-refractivity contribution in [2.24, 2.45) is 11.8 Å². The predicted molar refractivity (Wildman–Crippen MR) is 107 cm³/mol. The number of rotatable bonds is 5. The third-order valence-electron chi connectivity index (χ3n) is 5.53. The molecule has 0 aromatic heterocycles. The second-order valence-corrected chi connectivity index (χ2v) is 9.17. The molecule has 2 aromatic rings. The highest BCUT2D eigenvalue weighted by molar-refractivity contribution is 7.92. The molecule has 1 saturated carbocycles.